The van der Waals surface area contributed by atoms with Crippen LogP contribution in [0.5, 0.6) is 0 Å². The Morgan fingerprint density at radius 3 is 2.87 bits per heavy atom. The molecule has 23 heavy (non-hydrogen) atoms. The van der Waals surface area contributed by atoms with E-state index in [0.717, 1.165) is 11.3 Å². The summed E-state index contributed by atoms with van der Waals surface area (Å²) in [4.78, 5) is 16.5. The Morgan fingerprint density at radius 1 is 1.39 bits per heavy atom. The molecule has 0 saturated carbocycles. The van der Waals surface area contributed by atoms with Crippen LogP contribution in [0.2, 0.25) is 0 Å². The van der Waals surface area contributed by atoms with Crippen molar-refractivity contribution in [3.05, 3.63) is 59.6 Å². The third-order valence-electron chi connectivity index (χ3n) is 3.75. The van der Waals surface area contributed by atoms with E-state index in [-0.39, 0.29) is 12.0 Å². The third kappa shape index (κ3) is 2.88. The molecule has 118 valence electrons. The van der Waals surface area contributed by atoms with Crippen LogP contribution in [0.1, 0.15) is 24.9 Å². The summed E-state index contributed by atoms with van der Waals surface area (Å²) in [6, 6.07) is 9.56. The number of methoxy groups -OCH3 is 1. The van der Waals surface area contributed by atoms with Crippen molar-refractivity contribution < 1.29 is 9.53 Å². The normalized spacial score (nSPS) is 17.0. The highest BCUT2D eigenvalue weighted by molar-refractivity contribution is 5.92. The second kappa shape index (κ2) is 6.48. The van der Waals surface area contributed by atoms with Crippen LogP contribution < -0.4 is 5.32 Å². The number of rotatable bonds is 4. The molecule has 0 spiro atoms. The van der Waals surface area contributed by atoms with Crippen LogP contribution in [0.25, 0.3) is 6.08 Å². The van der Waals surface area contributed by atoms with Gasteiger partial charge in [-0.2, -0.15) is 10.1 Å². The van der Waals surface area contributed by atoms with E-state index in [1.165, 1.54) is 13.4 Å². The van der Waals surface area contributed by atoms with E-state index >= 15 is 0 Å². The summed E-state index contributed by atoms with van der Waals surface area (Å²) in [6.07, 6.45) is 6.06. The SMILES string of the molecule is CCC1=C(C(=O)OC)[C@H](/C=C/c2ccccc2)n2ncnc2N1. The molecule has 0 aliphatic carbocycles. The summed E-state index contributed by atoms with van der Waals surface area (Å²) in [5.41, 5.74) is 2.41. The van der Waals surface area contributed by atoms with Gasteiger partial charge in [0.2, 0.25) is 5.95 Å². The molecule has 3 rings (SSSR count). The van der Waals surface area contributed by atoms with Gasteiger partial charge in [-0.1, -0.05) is 49.4 Å². The molecule has 0 bridgehead atoms. The fourth-order valence-electron chi connectivity index (χ4n) is 2.62. The third-order valence-corrected chi connectivity index (χ3v) is 3.75. The lowest BCUT2D eigenvalue weighted by Crippen LogP contribution is -2.28. The van der Waals surface area contributed by atoms with Crippen molar-refractivity contribution in [2.24, 2.45) is 0 Å². The first-order chi connectivity index (χ1) is 11.2. The first-order valence-corrected chi connectivity index (χ1v) is 7.45. The Balaban J connectivity index is 2.04. The number of nitrogens with zero attached hydrogens (tertiary/aromatic N) is 3. The number of anilines is 1. The minimum Gasteiger partial charge on any atom is -0.466 e. The molecule has 2 heterocycles. The first kappa shape index (κ1) is 15.0. The number of benzene rings is 1. The highest BCUT2D eigenvalue weighted by atomic mass is 16.5. The molecule has 0 unspecified atom stereocenters. The second-order valence-electron chi connectivity index (χ2n) is 5.11. The zero-order valence-electron chi connectivity index (χ0n) is 13.1. The van der Waals surface area contributed by atoms with Crippen molar-refractivity contribution in [1.29, 1.82) is 0 Å². The molecule has 0 saturated heterocycles. The maximum absolute atomic E-state index is 12.3. The zero-order chi connectivity index (χ0) is 16.2. The molecule has 0 radical (unpaired) electrons. The largest absolute Gasteiger partial charge is 0.466 e. The van der Waals surface area contributed by atoms with E-state index < -0.39 is 0 Å². The zero-order valence-corrected chi connectivity index (χ0v) is 13.1. The average molecular weight is 310 g/mol. The number of fused-ring (bicyclic) bond motifs is 1. The number of carbonyl (C=O) groups excluding carboxylic acids is 1. The quantitative estimate of drug-likeness (QED) is 0.879. The highest BCUT2D eigenvalue weighted by Crippen LogP contribution is 2.32. The summed E-state index contributed by atoms with van der Waals surface area (Å²) in [7, 11) is 1.39. The monoisotopic (exact) mass is 310 g/mol. The molecule has 1 aliphatic rings. The van der Waals surface area contributed by atoms with Crippen LogP contribution in [0, 0.1) is 0 Å². The molecule has 6 heteroatoms. The van der Waals surface area contributed by atoms with Gasteiger partial charge in [0, 0.05) is 5.70 Å². The van der Waals surface area contributed by atoms with Gasteiger partial charge in [0.1, 0.15) is 12.4 Å². The van der Waals surface area contributed by atoms with E-state index in [2.05, 4.69) is 15.4 Å². The van der Waals surface area contributed by atoms with Gasteiger partial charge in [-0.3, -0.25) is 0 Å². The van der Waals surface area contributed by atoms with Gasteiger partial charge in [0.25, 0.3) is 0 Å². The van der Waals surface area contributed by atoms with Gasteiger partial charge in [-0.15, -0.1) is 0 Å². The minimum atomic E-state index is -0.363. The van der Waals surface area contributed by atoms with Crippen LogP contribution in [0.15, 0.2) is 54.0 Å². The van der Waals surface area contributed by atoms with Crippen LogP contribution in [0.4, 0.5) is 5.95 Å². The summed E-state index contributed by atoms with van der Waals surface area (Å²) in [5, 5.41) is 7.39. The predicted octanol–water partition coefficient (Wildman–Crippen LogP) is 2.80. The number of hydrogen-bond acceptors (Lipinski definition) is 5. The summed E-state index contributed by atoms with van der Waals surface area (Å²) < 4.78 is 6.65. The topological polar surface area (TPSA) is 69.0 Å². The lowest BCUT2D eigenvalue weighted by atomic mass is 10.00. The maximum Gasteiger partial charge on any atom is 0.338 e. The molecular formula is C17H18N4O2. The Labute approximate surface area is 134 Å². The predicted molar refractivity (Wildman–Crippen MR) is 87.5 cm³/mol. The van der Waals surface area contributed by atoms with Gasteiger partial charge >= 0.3 is 5.97 Å². The number of aromatic nitrogens is 3. The summed E-state index contributed by atoms with van der Waals surface area (Å²) >= 11 is 0. The van der Waals surface area contributed by atoms with Crippen molar-refractivity contribution >= 4 is 18.0 Å². The number of esters is 1. The number of carbonyl (C=O) groups is 1. The number of ether oxygens (including phenoxy) is 1. The molecular weight excluding hydrogens is 292 g/mol. The summed E-state index contributed by atoms with van der Waals surface area (Å²) in [5.74, 6) is 0.260. The van der Waals surface area contributed by atoms with Crippen LogP contribution in [-0.2, 0) is 9.53 Å². The Morgan fingerprint density at radius 2 is 2.17 bits per heavy atom. The second-order valence-corrected chi connectivity index (χ2v) is 5.11. The average Bonchev–Trinajstić information content (AvgIpc) is 3.07. The minimum absolute atomic E-state index is 0.351. The molecule has 1 aromatic heterocycles. The van der Waals surface area contributed by atoms with E-state index in [1.807, 2.05) is 49.4 Å². The number of hydrogen-bond donors (Lipinski definition) is 1. The lowest BCUT2D eigenvalue weighted by Gasteiger charge is -2.26. The molecule has 6 nitrogen and oxygen atoms in total. The van der Waals surface area contributed by atoms with E-state index in [4.69, 9.17) is 4.74 Å². The fourth-order valence-corrected chi connectivity index (χ4v) is 2.62. The highest BCUT2D eigenvalue weighted by Gasteiger charge is 2.31. The Kier molecular flexibility index (Phi) is 4.23. The van der Waals surface area contributed by atoms with Gasteiger partial charge in [0.05, 0.1) is 12.7 Å². The van der Waals surface area contributed by atoms with Crippen LogP contribution >= 0.6 is 0 Å². The van der Waals surface area contributed by atoms with Crippen molar-refractivity contribution in [2.45, 2.75) is 19.4 Å². The van der Waals surface area contributed by atoms with Gasteiger partial charge in [-0.25, -0.2) is 9.48 Å². The molecule has 1 aromatic carbocycles. The van der Waals surface area contributed by atoms with Crippen LogP contribution in [-0.4, -0.2) is 27.8 Å². The number of allylic oxidation sites excluding steroid dienone is 2. The summed E-state index contributed by atoms with van der Waals surface area (Å²) in [6.45, 7) is 1.98. The smallest absolute Gasteiger partial charge is 0.338 e. The van der Waals surface area contributed by atoms with E-state index in [1.54, 1.807) is 4.68 Å². The van der Waals surface area contributed by atoms with Crippen molar-refractivity contribution in [1.82, 2.24) is 14.8 Å². The molecule has 1 aliphatic heterocycles. The fraction of sp³-hybridized carbons (Fsp3) is 0.235. The molecule has 0 fully saturated rings. The Hall–Kier alpha value is -2.89. The van der Waals surface area contributed by atoms with E-state index in [9.17, 15) is 4.79 Å². The van der Waals surface area contributed by atoms with Gasteiger partial charge < -0.3 is 10.1 Å². The maximum atomic E-state index is 12.3. The van der Waals surface area contributed by atoms with Gasteiger partial charge in [0.15, 0.2) is 0 Å². The molecule has 0 amide bonds. The molecule has 1 atom stereocenters. The Bertz CT molecular complexity index is 762. The van der Waals surface area contributed by atoms with Crippen LogP contribution in [0.3, 0.4) is 0 Å². The van der Waals surface area contributed by atoms with Crippen molar-refractivity contribution in [2.75, 3.05) is 12.4 Å². The van der Waals surface area contributed by atoms with E-state index in [0.29, 0.717) is 17.9 Å². The van der Waals surface area contributed by atoms with Crippen molar-refractivity contribution in [3.63, 3.8) is 0 Å². The first-order valence-electron chi connectivity index (χ1n) is 7.45. The molecule has 1 N–H and O–H groups in total. The van der Waals surface area contributed by atoms with Gasteiger partial charge in [-0.05, 0) is 12.0 Å². The lowest BCUT2D eigenvalue weighted by molar-refractivity contribution is -0.136. The van der Waals surface area contributed by atoms with Crippen molar-refractivity contribution in [3.8, 4) is 0 Å². The standard InChI is InChI=1S/C17H18N4O2/c1-3-13-15(16(22)23-2)14(21-17(20-13)18-11-19-21)10-9-12-7-5-4-6-8-12/h4-11,14H,3H2,1-2H3,(H,18,19,20)/b10-9+/t14-/m0/s1. The number of nitrogens with one attached hydrogen (secondary N) is 1. The molecule has 2 aromatic rings.